The van der Waals surface area contributed by atoms with Gasteiger partial charge in [-0.1, -0.05) is 38.8 Å². The van der Waals surface area contributed by atoms with Crippen molar-refractivity contribution in [2.45, 2.75) is 71.6 Å². The molecule has 2 nitrogen and oxygen atoms in total. The Morgan fingerprint density at radius 2 is 1.70 bits per heavy atom. The Hall–Kier alpha value is -1.57. The first-order chi connectivity index (χ1) is 14.3. The zero-order valence-electron chi connectivity index (χ0n) is 19.4. The van der Waals surface area contributed by atoms with Gasteiger partial charge in [0.15, 0.2) is 5.78 Å². The van der Waals surface area contributed by atoms with Crippen LogP contribution in [0.2, 0.25) is 0 Å². The van der Waals surface area contributed by atoms with E-state index in [1.165, 1.54) is 56.2 Å². The smallest absolute Gasteiger partial charge is 0.165 e. The van der Waals surface area contributed by atoms with Gasteiger partial charge in [0.1, 0.15) is 0 Å². The van der Waals surface area contributed by atoms with E-state index in [2.05, 4.69) is 63.2 Å². The molecular weight excluding hydrogens is 366 g/mol. The van der Waals surface area contributed by atoms with Crippen molar-refractivity contribution < 1.29 is 4.79 Å². The van der Waals surface area contributed by atoms with E-state index in [1.54, 1.807) is 0 Å². The SMILES string of the molecule is CN(C)c1ccc(/C=C2\CC3C4CCC5CCCCC5(C)C4CCC3(C)C2=O)cc1. The van der Waals surface area contributed by atoms with E-state index in [0.29, 0.717) is 17.1 Å². The summed E-state index contributed by atoms with van der Waals surface area (Å²) in [6, 6.07) is 8.64. The molecule has 1 aromatic rings. The summed E-state index contributed by atoms with van der Waals surface area (Å²) >= 11 is 0. The maximum atomic E-state index is 13.6. The van der Waals surface area contributed by atoms with Crippen LogP contribution in [0.25, 0.3) is 6.08 Å². The number of benzene rings is 1. The lowest BCUT2D eigenvalue weighted by Crippen LogP contribution is -2.52. The summed E-state index contributed by atoms with van der Waals surface area (Å²) in [4.78, 5) is 15.7. The molecule has 4 saturated carbocycles. The Balaban J connectivity index is 1.42. The lowest BCUT2D eigenvalue weighted by atomic mass is 9.45. The number of nitrogens with zero attached hydrogens (tertiary/aromatic N) is 1. The van der Waals surface area contributed by atoms with Crippen LogP contribution in [0.15, 0.2) is 29.8 Å². The summed E-state index contributed by atoms with van der Waals surface area (Å²) in [5.74, 6) is 3.57. The Morgan fingerprint density at radius 1 is 0.933 bits per heavy atom. The van der Waals surface area contributed by atoms with Crippen LogP contribution in [0, 0.1) is 34.5 Å². The van der Waals surface area contributed by atoms with E-state index in [1.807, 2.05) is 0 Å². The molecule has 0 N–H and O–H groups in total. The van der Waals surface area contributed by atoms with Crippen LogP contribution in [0.5, 0.6) is 0 Å². The molecule has 4 aliphatic carbocycles. The average molecular weight is 406 g/mol. The number of ketones is 1. The summed E-state index contributed by atoms with van der Waals surface area (Å²) in [7, 11) is 4.13. The topological polar surface area (TPSA) is 20.3 Å². The fraction of sp³-hybridized carbons (Fsp3) is 0.679. The minimum Gasteiger partial charge on any atom is -0.378 e. The Kier molecular flexibility index (Phi) is 4.91. The fourth-order valence-corrected chi connectivity index (χ4v) is 8.16. The summed E-state index contributed by atoms with van der Waals surface area (Å²) in [5, 5.41) is 0. The van der Waals surface area contributed by atoms with Crippen molar-refractivity contribution in [3.63, 3.8) is 0 Å². The van der Waals surface area contributed by atoms with Crippen LogP contribution < -0.4 is 4.90 Å². The maximum Gasteiger partial charge on any atom is 0.165 e. The van der Waals surface area contributed by atoms with Crippen molar-refractivity contribution in [2.24, 2.45) is 34.5 Å². The molecule has 4 fully saturated rings. The number of allylic oxidation sites excluding steroid dienone is 1. The van der Waals surface area contributed by atoms with Gasteiger partial charge in [0.25, 0.3) is 0 Å². The van der Waals surface area contributed by atoms with Gasteiger partial charge < -0.3 is 4.90 Å². The molecule has 0 radical (unpaired) electrons. The second-order valence-corrected chi connectivity index (χ2v) is 11.5. The molecule has 30 heavy (non-hydrogen) atoms. The average Bonchev–Trinajstić information content (AvgIpc) is 2.98. The second-order valence-electron chi connectivity index (χ2n) is 11.5. The van der Waals surface area contributed by atoms with E-state index in [9.17, 15) is 4.79 Å². The van der Waals surface area contributed by atoms with Crippen LogP contribution >= 0.6 is 0 Å². The Morgan fingerprint density at radius 3 is 2.43 bits per heavy atom. The molecule has 6 unspecified atom stereocenters. The fourth-order valence-electron chi connectivity index (χ4n) is 8.16. The molecule has 0 saturated heterocycles. The normalized spacial score (nSPS) is 41.9. The van der Waals surface area contributed by atoms with Crippen molar-refractivity contribution in [3.05, 3.63) is 35.4 Å². The summed E-state index contributed by atoms with van der Waals surface area (Å²) in [6.45, 7) is 4.93. The van der Waals surface area contributed by atoms with Crippen LogP contribution in [0.1, 0.15) is 77.2 Å². The van der Waals surface area contributed by atoms with Gasteiger partial charge in [-0.25, -0.2) is 0 Å². The highest BCUT2D eigenvalue weighted by atomic mass is 16.1. The summed E-state index contributed by atoms with van der Waals surface area (Å²) in [5.41, 5.74) is 3.90. The van der Waals surface area contributed by atoms with Gasteiger partial charge in [0.05, 0.1) is 0 Å². The molecular formula is C28H39NO. The van der Waals surface area contributed by atoms with Crippen LogP contribution in [0.4, 0.5) is 5.69 Å². The number of rotatable bonds is 2. The predicted octanol–water partition coefficient (Wildman–Crippen LogP) is 6.75. The molecule has 0 aromatic heterocycles. The van der Waals surface area contributed by atoms with Gasteiger partial charge in [-0.15, -0.1) is 0 Å². The standard InChI is InChI=1S/C28H39NO/c1-27-15-6-5-7-21(27)10-13-23-24(27)14-16-28(2)25(23)18-20(26(28)30)17-19-8-11-22(12-9-19)29(3)4/h8-9,11-12,17,21,23-25H,5-7,10,13-16,18H2,1-4H3/b20-17+. The Bertz CT molecular complexity index is 852. The number of carbonyl (C=O) groups is 1. The second kappa shape index (κ2) is 7.24. The molecule has 0 heterocycles. The molecule has 0 spiro atoms. The number of hydrogen-bond acceptors (Lipinski definition) is 2. The monoisotopic (exact) mass is 405 g/mol. The molecule has 0 amide bonds. The zero-order chi connectivity index (χ0) is 21.1. The highest BCUT2D eigenvalue weighted by molar-refractivity contribution is 6.06. The third kappa shape index (κ3) is 3.00. The first kappa shape index (κ1) is 20.3. The van der Waals surface area contributed by atoms with Gasteiger partial charge in [0, 0.05) is 25.2 Å². The van der Waals surface area contributed by atoms with E-state index in [4.69, 9.17) is 0 Å². The third-order valence-electron chi connectivity index (χ3n) is 9.97. The quantitative estimate of drug-likeness (QED) is 0.507. The minimum atomic E-state index is -0.117. The number of hydrogen-bond donors (Lipinski definition) is 0. The third-order valence-corrected chi connectivity index (χ3v) is 9.97. The largest absolute Gasteiger partial charge is 0.378 e. The lowest BCUT2D eigenvalue weighted by Gasteiger charge is -2.59. The highest BCUT2D eigenvalue weighted by Crippen LogP contribution is 2.66. The zero-order valence-corrected chi connectivity index (χ0v) is 19.4. The van der Waals surface area contributed by atoms with Crippen molar-refractivity contribution in [1.82, 2.24) is 0 Å². The minimum absolute atomic E-state index is 0.117. The van der Waals surface area contributed by atoms with E-state index >= 15 is 0 Å². The maximum absolute atomic E-state index is 13.6. The molecule has 162 valence electrons. The molecule has 1 aromatic carbocycles. The first-order valence-electron chi connectivity index (χ1n) is 12.4. The molecule has 2 heteroatoms. The molecule has 6 atom stereocenters. The number of fused-ring (bicyclic) bond motifs is 5. The van der Waals surface area contributed by atoms with Crippen LogP contribution in [0.3, 0.4) is 0 Å². The highest BCUT2D eigenvalue weighted by Gasteiger charge is 2.60. The summed E-state index contributed by atoms with van der Waals surface area (Å²) < 4.78 is 0. The first-order valence-corrected chi connectivity index (χ1v) is 12.4. The van der Waals surface area contributed by atoms with Crippen LogP contribution in [-0.2, 0) is 4.79 Å². The number of anilines is 1. The van der Waals surface area contributed by atoms with Crippen molar-refractivity contribution in [2.75, 3.05) is 19.0 Å². The van der Waals surface area contributed by atoms with Gasteiger partial charge in [-0.2, -0.15) is 0 Å². The predicted molar refractivity (Wildman–Crippen MR) is 125 cm³/mol. The van der Waals surface area contributed by atoms with Gasteiger partial charge in [-0.05, 0) is 103 Å². The van der Waals surface area contributed by atoms with Crippen LogP contribution in [-0.4, -0.2) is 19.9 Å². The number of carbonyl (C=O) groups excluding carboxylic acids is 1. The van der Waals surface area contributed by atoms with Gasteiger partial charge in [0.2, 0.25) is 0 Å². The Labute approximate surface area is 183 Å². The van der Waals surface area contributed by atoms with Crippen molar-refractivity contribution in [3.8, 4) is 0 Å². The van der Waals surface area contributed by atoms with Crippen molar-refractivity contribution >= 4 is 17.5 Å². The lowest BCUT2D eigenvalue weighted by molar-refractivity contribution is -0.137. The number of Topliss-reactive ketones (excluding diaryl/α,β-unsaturated/α-hetero) is 1. The van der Waals surface area contributed by atoms with Gasteiger partial charge >= 0.3 is 0 Å². The molecule has 4 aliphatic rings. The van der Waals surface area contributed by atoms with Gasteiger partial charge in [-0.3, -0.25) is 4.79 Å². The summed E-state index contributed by atoms with van der Waals surface area (Å²) in [6.07, 6.45) is 14.1. The molecule has 0 bridgehead atoms. The van der Waals surface area contributed by atoms with Crippen molar-refractivity contribution in [1.29, 1.82) is 0 Å². The molecule has 0 aliphatic heterocycles. The van der Waals surface area contributed by atoms with E-state index in [0.717, 1.165) is 36.2 Å². The van der Waals surface area contributed by atoms with E-state index < -0.39 is 0 Å². The molecule has 5 rings (SSSR count). The van der Waals surface area contributed by atoms with E-state index in [-0.39, 0.29) is 5.41 Å².